The Balaban J connectivity index is 2.71. The number of nitrogens with one attached hydrogen (secondary N) is 1. The van der Waals surface area contributed by atoms with Gasteiger partial charge in [0.25, 0.3) is 0 Å². The highest BCUT2D eigenvalue weighted by Crippen LogP contribution is 2.19. The van der Waals surface area contributed by atoms with Gasteiger partial charge in [-0.05, 0) is 12.5 Å². The summed E-state index contributed by atoms with van der Waals surface area (Å²) in [7, 11) is 1.63. The minimum Gasteiger partial charge on any atom is -0.292 e. The molecule has 0 atom stereocenters. The highest BCUT2D eigenvalue weighted by molar-refractivity contribution is 5.60. The van der Waals surface area contributed by atoms with Crippen LogP contribution in [0.5, 0.6) is 0 Å². The van der Waals surface area contributed by atoms with E-state index in [4.69, 9.17) is 5.84 Å². The molecule has 6 nitrogen and oxygen atoms in total. The van der Waals surface area contributed by atoms with Crippen molar-refractivity contribution in [2.75, 3.05) is 5.43 Å². The average Bonchev–Trinajstić information content (AvgIpc) is 2.33. The Morgan fingerprint density at radius 1 is 1.29 bits per heavy atom. The molecule has 2 rings (SSSR count). The maximum atomic E-state index is 11.6. The van der Waals surface area contributed by atoms with Crippen LogP contribution in [-0.2, 0) is 7.05 Å². The summed E-state index contributed by atoms with van der Waals surface area (Å²) in [4.78, 5) is 19.5. The van der Waals surface area contributed by atoms with Crippen molar-refractivity contribution in [2.45, 2.75) is 6.92 Å². The van der Waals surface area contributed by atoms with E-state index in [0.29, 0.717) is 5.82 Å². The molecule has 0 saturated carbocycles. The second-order valence-corrected chi connectivity index (χ2v) is 3.67. The number of nitrogens with zero attached hydrogens (tertiary/aromatic N) is 3. The number of aromatic nitrogens is 3. The highest BCUT2D eigenvalue weighted by atomic mass is 16.1. The second kappa shape index (κ2) is 4.34. The molecule has 1 aromatic heterocycles. The fourth-order valence-corrected chi connectivity index (χ4v) is 1.59. The van der Waals surface area contributed by atoms with E-state index >= 15 is 0 Å². The summed E-state index contributed by atoms with van der Waals surface area (Å²) in [5.41, 5.74) is 3.80. The summed E-state index contributed by atoms with van der Waals surface area (Å²) in [6.07, 6.45) is 0. The van der Waals surface area contributed by atoms with E-state index in [1.165, 1.54) is 4.57 Å². The number of aryl methyl sites for hydroxylation is 1. The Hall–Kier alpha value is -2.21. The number of benzene rings is 1. The molecule has 1 heterocycles. The van der Waals surface area contributed by atoms with Crippen LogP contribution < -0.4 is 17.0 Å². The summed E-state index contributed by atoms with van der Waals surface area (Å²) in [5.74, 6) is 5.89. The van der Waals surface area contributed by atoms with Crippen molar-refractivity contribution >= 4 is 5.95 Å². The van der Waals surface area contributed by atoms with E-state index in [2.05, 4.69) is 15.4 Å². The molecule has 6 heteroatoms. The third kappa shape index (κ3) is 2.02. The maximum absolute atomic E-state index is 11.6. The SMILES string of the molecule is Cc1ccccc1-c1nc(NN)nc(=O)n1C. The van der Waals surface area contributed by atoms with E-state index < -0.39 is 5.69 Å². The van der Waals surface area contributed by atoms with Crippen LogP contribution in [0.1, 0.15) is 5.56 Å². The zero-order valence-electron chi connectivity index (χ0n) is 9.64. The molecule has 0 amide bonds. The Bertz CT molecular complexity index is 605. The van der Waals surface area contributed by atoms with Crippen LogP contribution in [0.3, 0.4) is 0 Å². The average molecular weight is 231 g/mol. The Morgan fingerprint density at radius 3 is 2.65 bits per heavy atom. The Kier molecular flexibility index (Phi) is 2.88. The maximum Gasteiger partial charge on any atom is 0.352 e. The number of hydrazine groups is 1. The molecule has 3 N–H and O–H groups in total. The van der Waals surface area contributed by atoms with Crippen LogP contribution in [0, 0.1) is 6.92 Å². The molecule has 17 heavy (non-hydrogen) atoms. The van der Waals surface area contributed by atoms with Gasteiger partial charge in [0.15, 0.2) is 0 Å². The normalized spacial score (nSPS) is 10.3. The first-order valence-electron chi connectivity index (χ1n) is 5.11. The van der Waals surface area contributed by atoms with Gasteiger partial charge in [-0.2, -0.15) is 9.97 Å². The summed E-state index contributed by atoms with van der Waals surface area (Å²) >= 11 is 0. The van der Waals surface area contributed by atoms with Crippen molar-refractivity contribution in [2.24, 2.45) is 12.9 Å². The van der Waals surface area contributed by atoms with Crippen molar-refractivity contribution in [3.05, 3.63) is 40.3 Å². The minimum absolute atomic E-state index is 0.117. The summed E-state index contributed by atoms with van der Waals surface area (Å²) in [6, 6.07) is 7.68. The standard InChI is InChI=1S/C11H13N5O/c1-7-5-3-4-6-8(7)9-13-10(15-12)14-11(17)16(9)2/h3-6H,12H2,1-2H3,(H,14,15,17). The monoisotopic (exact) mass is 231 g/mol. The molecular weight excluding hydrogens is 218 g/mol. The number of nitrogen functional groups attached to an aromatic ring is 1. The van der Waals surface area contributed by atoms with Crippen molar-refractivity contribution in [1.82, 2.24) is 14.5 Å². The number of hydrogen-bond acceptors (Lipinski definition) is 5. The van der Waals surface area contributed by atoms with Gasteiger partial charge in [0.05, 0.1) is 0 Å². The number of rotatable bonds is 2. The van der Waals surface area contributed by atoms with Crippen LogP contribution in [-0.4, -0.2) is 14.5 Å². The molecule has 0 aliphatic carbocycles. The first kappa shape index (κ1) is 11.3. The smallest absolute Gasteiger partial charge is 0.292 e. The lowest BCUT2D eigenvalue weighted by Crippen LogP contribution is -2.26. The van der Waals surface area contributed by atoms with Crippen molar-refractivity contribution in [3.8, 4) is 11.4 Å². The molecule has 0 radical (unpaired) electrons. The van der Waals surface area contributed by atoms with E-state index in [-0.39, 0.29) is 5.95 Å². The fraction of sp³-hybridized carbons (Fsp3) is 0.182. The molecule has 88 valence electrons. The summed E-state index contributed by atoms with van der Waals surface area (Å²) in [5, 5.41) is 0. The summed E-state index contributed by atoms with van der Waals surface area (Å²) in [6.45, 7) is 1.96. The third-order valence-electron chi connectivity index (χ3n) is 2.53. The lowest BCUT2D eigenvalue weighted by atomic mass is 10.1. The van der Waals surface area contributed by atoms with Gasteiger partial charge in [-0.1, -0.05) is 24.3 Å². The van der Waals surface area contributed by atoms with Gasteiger partial charge in [0, 0.05) is 12.6 Å². The van der Waals surface area contributed by atoms with Gasteiger partial charge in [-0.3, -0.25) is 9.99 Å². The Morgan fingerprint density at radius 2 is 2.00 bits per heavy atom. The first-order valence-corrected chi connectivity index (χ1v) is 5.11. The zero-order valence-corrected chi connectivity index (χ0v) is 9.64. The molecule has 0 unspecified atom stereocenters. The molecule has 0 fully saturated rings. The topological polar surface area (TPSA) is 85.8 Å². The van der Waals surface area contributed by atoms with Gasteiger partial charge in [0.1, 0.15) is 5.82 Å². The number of nitrogens with two attached hydrogens (primary N) is 1. The van der Waals surface area contributed by atoms with Crippen LogP contribution in [0.2, 0.25) is 0 Å². The molecule has 0 aliphatic rings. The molecule has 0 bridgehead atoms. The van der Waals surface area contributed by atoms with Gasteiger partial charge < -0.3 is 0 Å². The van der Waals surface area contributed by atoms with Crippen LogP contribution in [0.25, 0.3) is 11.4 Å². The molecule has 0 saturated heterocycles. The molecular formula is C11H13N5O. The van der Waals surface area contributed by atoms with E-state index in [1.54, 1.807) is 7.05 Å². The van der Waals surface area contributed by atoms with Gasteiger partial charge in [-0.25, -0.2) is 10.6 Å². The van der Waals surface area contributed by atoms with Crippen LogP contribution in [0.15, 0.2) is 29.1 Å². The predicted octanol–water partition coefficient (Wildman–Crippen LogP) is 0.436. The quantitative estimate of drug-likeness (QED) is 0.578. The van der Waals surface area contributed by atoms with E-state index in [1.807, 2.05) is 31.2 Å². The van der Waals surface area contributed by atoms with Crippen molar-refractivity contribution < 1.29 is 0 Å². The minimum atomic E-state index is -0.397. The lowest BCUT2D eigenvalue weighted by Gasteiger charge is -2.10. The third-order valence-corrected chi connectivity index (χ3v) is 2.53. The first-order chi connectivity index (χ1) is 8.13. The van der Waals surface area contributed by atoms with Crippen LogP contribution in [0.4, 0.5) is 5.95 Å². The largest absolute Gasteiger partial charge is 0.352 e. The molecule has 1 aromatic carbocycles. The number of anilines is 1. The molecule has 0 aliphatic heterocycles. The van der Waals surface area contributed by atoms with Crippen LogP contribution >= 0.6 is 0 Å². The van der Waals surface area contributed by atoms with E-state index in [0.717, 1.165) is 11.1 Å². The highest BCUT2D eigenvalue weighted by Gasteiger charge is 2.10. The number of hydrogen-bond donors (Lipinski definition) is 2. The fourth-order valence-electron chi connectivity index (χ4n) is 1.59. The second-order valence-electron chi connectivity index (χ2n) is 3.67. The zero-order chi connectivity index (χ0) is 12.4. The predicted molar refractivity (Wildman–Crippen MR) is 65.3 cm³/mol. The Labute approximate surface area is 98.1 Å². The van der Waals surface area contributed by atoms with E-state index in [9.17, 15) is 4.79 Å². The van der Waals surface area contributed by atoms with Crippen molar-refractivity contribution in [3.63, 3.8) is 0 Å². The molecule has 2 aromatic rings. The summed E-state index contributed by atoms with van der Waals surface area (Å²) < 4.78 is 1.39. The van der Waals surface area contributed by atoms with Gasteiger partial charge in [0.2, 0.25) is 5.95 Å². The van der Waals surface area contributed by atoms with Gasteiger partial charge >= 0.3 is 5.69 Å². The van der Waals surface area contributed by atoms with Crippen molar-refractivity contribution in [1.29, 1.82) is 0 Å². The molecule has 0 spiro atoms. The van der Waals surface area contributed by atoms with Gasteiger partial charge in [-0.15, -0.1) is 0 Å². The lowest BCUT2D eigenvalue weighted by molar-refractivity contribution is 0.784.